The fraction of sp³-hybridized carbons (Fsp3) is 0.150. The lowest BCUT2D eigenvalue weighted by atomic mass is 10.1. The Bertz CT molecular complexity index is 986. The standard InChI is InChI=1S/C20H18N2O5S/c1-25-15-7-5-4-6-14(15)22-19(24)13(18(23)21-20(22)28)10-12-8-9-16(26-2)17(11-12)27-3/h4-11H,1-3H3,(H,21,23,28)/b13-10+. The van der Waals surface area contributed by atoms with Gasteiger partial charge in [-0.15, -0.1) is 0 Å². The molecule has 0 saturated carbocycles. The molecule has 1 fully saturated rings. The number of thiocarbonyl (C=S) groups is 1. The third-order valence-corrected chi connectivity index (χ3v) is 4.43. The minimum absolute atomic E-state index is 0.0102. The van der Waals surface area contributed by atoms with Crippen molar-refractivity contribution in [3.8, 4) is 17.2 Å². The molecule has 144 valence electrons. The predicted molar refractivity (Wildman–Crippen MR) is 109 cm³/mol. The van der Waals surface area contributed by atoms with Crippen molar-refractivity contribution in [3.63, 3.8) is 0 Å². The van der Waals surface area contributed by atoms with Crippen LogP contribution in [0, 0.1) is 0 Å². The highest BCUT2D eigenvalue weighted by Gasteiger charge is 2.35. The first-order chi connectivity index (χ1) is 13.5. The molecule has 0 radical (unpaired) electrons. The number of rotatable bonds is 5. The predicted octanol–water partition coefficient (Wildman–Crippen LogP) is 2.54. The smallest absolute Gasteiger partial charge is 0.270 e. The fourth-order valence-electron chi connectivity index (χ4n) is 2.80. The second-order valence-electron chi connectivity index (χ2n) is 5.74. The molecule has 0 atom stereocenters. The summed E-state index contributed by atoms with van der Waals surface area (Å²) in [6, 6.07) is 12.0. The van der Waals surface area contributed by atoms with E-state index < -0.39 is 11.8 Å². The molecular formula is C20H18N2O5S. The molecule has 0 aromatic heterocycles. The van der Waals surface area contributed by atoms with Crippen LogP contribution in [0.4, 0.5) is 5.69 Å². The third-order valence-electron chi connectivity index (χ3n) is 4.15. The van der Waals surface area contributed by atoms with Crippen molar-refractivity contribution < 1.29 is 23.8 Å². The number of hydrogen-bond acceptors (Lipinski definition) is 6. The molecular weight excluding hydrogens is 380 g/mol. The van der Waals surface area contributed by atoms with E-state index in [1.54, 1.807) is 42.5 Å². The Hall–Kier alpha value is -3.39. The number of benzene rings is 2. The van der Waals surface area contributed by atoms with Gasteiger partial charge in [0.1, 0.15) is 11.3 Å². The number of amides is 2. The molecule has 0 aliphatic carbocycles. The topological polar surface area (TPSA) is 77.1 Å². The maximum atomic E-state index is 13.1. The maximum absolute atomic E-state index is 13.1. The van der Waals surface area contributed by atoms with Crippen molar-refractivity contribution in [1.82, 2.24) is 5.32 Å². The molecule has 7 nitrogen and oxygen atoms in total. The lowest BCUT2D eigenvalue weighted by Crippen LogP contribution is -2.54. The largest absolute Gasteiger partial charge is 0.495 e. The van der Waals surface area contributed by atoms with Crippen molar-refractivity contribution in [2.24, 2.45) is 0 Å². The molecule has 0 spiro atoms. The first-order valence-electron chi connectivity index (χ1n) is 8.26. The fourth-order valence-corrected chi connectivity index (χ4v) is 3.07. The second-order valence-corrected chi connectivity index (χ2v) is 6.13. The zero-order chi connectivity index (χ0) is 20.3. The van der Waals surface area contributed by atoms with Crippen LogP contribution in [0.3, 0.4) is 0 Å². The van der Waals surface area contributed by atoms with Gasteiger partial charge in [0.25, 0.3) is 11.8 Å². The molecule has 28 heavy (non-hydrogen) atoms. The maximum Gasteiger partial charge on any atom is 0.270 e. The van der Waals surface area contributed by atoms with Crippen LogP contribution in [0.15, 0.2) is 48.0 Å². The highest BCUT2D eigenvalue weighted by atomic mass is 32.1. The molecule has 1 N–H and O–H groups in total. The minimum atomic E-state index is -0.573. The second kappa shape index (κ2) is 8.10. The van der Waals surface area contributed by atoms with Gasteiger partial charge in [0.2, 0.25) is 0 Å². The van der Waals surface area contributed by atoms with Crippen molar-refractivity contribution in [1.29, 1.82) is 0 Å². The van der Waals surface area contributed by atoms with E-state index in [0.29, 0.717) is 28.5 Å². The van der Waals surface area contributed by atoms with Crippen LogP contribution in [-0.2, 0) is 9.59 Å². The van der Waals surface area contributed by atoms with E-state index >= 15 is 0 Å². The Morgan fingerprint density at radius 2 is 1.61 bits per heavy atom. The average Bonchev–Trinajstić information content (AvgIpc) is 2.71. The Balaban J connectivity index is 2.04. The van der Waals surface area contributed by atoms with Gasteiger partial charge in [0, 0.05) is 0 Å². The van der Waals surface area contributed by atoms with Gasteiger partial charge in [-0.3, -0.25) is 14.9 Å². The van der Waals surface area contributed by atoms with Gasteiger partial charge in [-0.1, -0.05) is 18.2 Å². The average molecular weight is 398 g/mol. The van der Waals surface area contributed by atoms with Gasteiger partial charge in [-0.05, 0) is 48.1 Å². The summed E-state index contributed by atoms with van der Waals surface area (Å²) in [7, 11) is 4.53. The van der Waals surface area contributed by atoms with Crippen molar-refractivity contribution in [3.05, 3.63) is 53.6 Å². The third kappa shape index (κ3) is 3.54. The molecule has 2 amide bonds. The first kappa shape index (κ1) is 19.4. The summed E-state index contributed by atoms with van der Waals surface area (Å²) in [4.78, 5) is 26.8. The molecule has 2 aromatic carbocycles. The van der Waals surface area contributed by atoms with Gasteiger partial charge in [0.15, 0.2) is 16.6 Å². The number of para-hydroxylation sites is 2. The monoisotopic (exact) mass is 398 g/mol. The summed E-state index contributed by atoms with van der Waals surface area (Å²) >= 11 is 5.21. The van der Waals surface area contributed by atoms with Crippen LogP contribution in [0.5, 0.6) is 17.2 Å². The van der Waals surface area contributed by atoms with Crippen LogP contribution in [0.2, 0.25) is 0 Å². The van der Waals surface area contributed by atoms with Crippen LogP contribution < -0.4 is 24.4 Å². The van der Waals surface area contributed by atoms with Crippen LogP contribution >= 0.6 is 12.2 Å². The van der Waals surface area contributed by atoms with Crippen molar-refractivity contribution in [2.75, 3.05) is 26.2 Å². The van der Waals surface area contributed by atoms with Crippen LogP contribution in [0.25, 0.3) is 6.08 Å². The van der Waals surface area contributed by atoms with E-state index in [9.17, 15) is 9.59 Å². The van der Waals surface area contributed by atoms with Gasteiger partial charge >= 0.3 is 0 Å². The van der Waals surface area contributed by atoms with Crippen LogP contribution in [0.1, 0.15) is 5.56 Å². The number of nitrogens with zero attached hydrogens (tertiary/aromatic N) is 1. The molecule has 8 heteroatoms. The number of carbonyl (C=O) groups excluding carboxylic acids is 2. The number of nitrogens with one attached hydrogen (secondary N) is 1. The van der Waals surface area contributed by atoms with Gasteiger partial charge in [0.05, 0.1) is 27.0 Å². The molecule has 0 bridgehead atoms. The van der Waals surface area contributed by atoms with Gasteiger partial charge < -0.3 is 14.2 Å². The van der Waals surface area contributed by atoms with E-state index in [1.807, 2.05) is 0 Å². The Kier molecular flexibility index (Phi) is 5.60. The van der Waals surface area contributed by atoms with E-state index in [-0.39, 0.29) is 10.7 Å². The van der Waals surface area contributed by atoms with E-state index in [4.69, 9.17) is 26.4 Å². The first-order valence-corrected chi connectivity index (χ1v) is 8.67. The Labute approximate surface area is 167 Å². The number of hydrogen-bond donors (Lipinski definition) is 1. The van der Waals surface area contributed by atoms with Gasteiger partial charge in [-0.25, -0.2) is 4.90 Å². The molecule has 1 aliphatic rings. The molecule has 0 unspecified atom stereocenters. The number of ether oxygens (including phenoxy) is 3. The summed E-state index contributed by atoms with van der Waals surface area (Å²) in [5.74, 6) is 0.363. The lowest BCUT2D eigenvalue weighted by molar-refractivity contribution is -0.122. The summed E-state index contributed by atoms with van der Waals surface area (Å²) in [6.07, 6.45) is 1.48. The minimum Gasteiger partial charge on any atom is -0.495 e. The summed E-state index contributed by atoms with van der Waals surface area (Å²) in [6.45, 7) is 0. The van der Waals surface area contributed by atoms with E-state index in [2.05, 4.69) is 5.32 Å². The van der Waals surface area contributed by atoms with E-state index in [1.165, 1.54) is 32.3 Å². The lowest BCUT2D eigenvalue weighted by Gasteiger charge is -2.29. The van der Waals surface area contributed by atoms with Crippen molar-refractivity contribution >= 4 is 40.9 Å². The normalized spacial score (nSPS) is 15.5. The zero-order valence-corrected chi connectivity index (χ0v) is 16.3. The zero-order valence-electron chi connectivity index (χ0n) is 15.5. The molecule has 2 aromatic rings. The number of methoxy groups -OCH3 is 3. The Morgan fingerprint density at radius 3 is 2.29 bits per heavy atom. The van der Waals surface area contributed by atoms with Crippen molar-refractivity contribution in [2.45, 2.75) is 0 Å². The molecule has 1 saturated heterocycles. The SMILES string of the molecule is COc1ccc(/C=C2\C(=O)NC(=S)N(c3ccccc3OC)C2=O)cc1OC. The highest BCUT2D eigenvalue weighted by molar-refractivity contribution is 7.80. The summed E-state index contributed by atoms with van der Waals surface area (Å²) in [5.41, 5.74) is 0.980. The van der Waals surface area contributed by atoms with Crippen LogP contribution in [-0.4, -0.2) is 38.3 Å². The highest BCUT2D eigenvalue weighted by Crippen LogP contribution is 2.32. The summed E-state index contributed by atoms with van der Waals surface area (Å²) in [5, 5.41) is 2.54. The number of carbonyl (C=O) groups is 2. The molecule has 1 aliphatic heterocycles. The summed E-state index contributed by atoms with van der Waals surface area (Å²) < 4.78 is 15.8. The van der Waals surface area contributed by atoms with Gasteiger partial charge in [-0.2, -0.15) is 0 Å². The Morgan fingerprint density at radius 1 is 0.929 bits per heavy atom. The molecule has 3 rings (SSSR count). The number of anilines is 1. The quantitative estimate of drug-likeness (QED) is 0.474. The van der Waals surface area contributed by atoms with E-state index in [0.717, 1.165) is 0 Å². The molecule has 1 heterocycles.